The molecule has 2 aliphatic rings. The van der Waals surface area contributed by atoms with E-state index in [-0.39, 0.29) is 6.04 Å². The largest absolute Gasteiger partial charge is 0.264 e. The Morgan fingerprint density at radius 1 is 1.35 bits per heavy atom. The van der Waals surface area contributed by atoms with Crippen LogP contribution in [0.5, 0.6) is 0 Å². The molecule has 2 aliphatic heterocycles. The number of hydrogen-bond acceptors (Lipinski definition) is 4. The third-order valence-electron chi connectivity index (χ3n) is 4.45. The van der Waals surface area contributed by atoms with Gasteiger partial charge in [0.05, 0.1) is 35.3 Å². The molecule has 0 amide bonds. The van der Waals surface area contributed by atoms with Crippen molar-refractivity contribution in [1.29, 1.82) is 5.26 Å². The highest BCUT2D eigenvalue weighted by Crippen LogP contribution is 2.30. The van der Waals surface area contributed by atoms with Gasteiger partial charge in [-0.25, -0.2) is 0 Å². The van der Waals surface area contributed by atoms with E-state index in [4.69, 9.17) is 11.7 Å². The SMILES string of the molecule is C#CCC(c1cccc(C#N)c1)n1cc(C2=C3C=CN=C3CC=N2)cn1. The minimum atomic E-state index is -0.132. The van der Waals surface area contributed by atoms with Gasteiger partial charge in [-0.1, -0.05) is 12.1 Å². The molecule has 1 atom stereocenters. The number of terminal acetylenes is 1. The van der Waals surface area contributed by atoms with E-state index in [1.165, 1.54) is 0 Å². The van der Waals surface area contributed by atoms with Gasteiger partial charge in [-0.05, 0) is 23.8 Å². The summed E-state index contributed by atoms with van der Waals surface area (Å²) in [7, 11) is 0. The van der Waals surface area contributed by atoms with Crippen molar-refractivity contribution in [2.24, 2.45) is 9.98 Å². The number of fused-ring (bicyclic) bond motifs is 1. The molecule has 0 radical (unpaired) electrons. The fourth-order valence-electron chi connectivity index (χ4n) is 3.19. The Bertz CT molecular complexity index is 1070. The molecule has 2 aromatic rings. The Kier molecular flexibility index (Phi) is 4.05. The van der Waals surface area contributed by atoms with E-state index < -0.39 is 0 Å². The maximum atomic E-state index is 9.15. The van der Waals surface area contributed by atoms with Gasteiger partial charge >= 0.3 is 0 Å². The number of benzene rings is 1. The van der Waals surface area contributed by atoms with Crippen LogP contribution < -0.4 is 0 Å². The number of nitrogens with zero attached hydrogens (tertiary/aromatic N) is 5. The van der Waals surface area contributed by atoms with Crippen LogP contribution in [0.15, 0.2) is 64.5 Å². The number of allylic oxidation sites excluding steroid dienone is 2. The standard InChI is InChI=1S/C21H15N5/c1-2-4-20(16-6-3-5-15(11-16)12-22)26-14-17(13-25-26)21-18-7-9-23-19(18)8-10-24-21/h1,3,5-7,9-11,13-14,20H,4,8H2. The molecular weight excluding hydrogens is 322 g/mol. The van der Waals surface area contributed by atoms with E-state index in [9.17, 15) is 0 Å². The van der Waals surface area contributed by atoms with Crippen LogP contribution in [-0.2, 0) is 0 Å². The highest BCUT2D eigenvalue weighted by Gasteiger charge is 2.21. The molecule has 124 valence electrons. The second-order valence-electron chi connectivity index (χ2n) is 6.04. The first-order chi connectivity index (χ1) is 12.8. The molecule has 5 nitrogen and oxygen atoms in total. The number of nitriles is 1. The lowest BCUT2D eigenvalue weighted by Gasteiger charge is -2.16. The van der Waals surface area contributed by atoms with Gasteiger partial charge in [0.15, 0.2) is 0 Å². The van der Waals surface area contributed by atoms with E-state index in [2.05, 4.69) is 27.1 Å². The zero-order valence-electron chi connectivity index (χ0n) is 14.0. The summed E-state index contributed by atoms with van der Waals surface area (Å²) in [4.78, 5) is 8.92. The molecule has 0 fully saturated rings. The Hall–Kier alpha value is -3.70. The molecule has 4 rings (SSSR count). The summed E-state index contributed by atoms with van der Waals surface area (Å²) < 4.78 is 1.85. The molecule has 0 spiro atoms. The number of aromatic nitrogens is 2. The van der Waals surface area contributed by atoms with E-state index >= 15 is 0 Å². The van der Waals surface area contributed by atoms with Crippen LogP contribution in [0.2, 0.25) is 0 Å². The Labute approximate surface area is 151 Å². The predicted molar refractivity (Wildman–Crippen MR) is 102 cm³/mol. The second kappa shape index (κ2) is 6.66. The van der Waals surface area contributed by atoms with Gasteiger partial charge in [-0.15, -0.1) is 12.3 Å². The van der Waals surface area contributed by atoms with Crippen molar-refractivity contribution < 1.29 is 0 Å². The molecule has 5 heteroatoms. The summed E-state index contributed by atoms with van der Waals surface area (Å²) in [6.07, 6.45) is 16.2. The van der Waals surface area contributed by atoms with Gasteiger partial charge in [0, 0.05) is 42.6 Å². The summed E-state index contributed by atoms with van der Waals surface area (Å²) in [6.45, 7) is 0. The van der Waals surface area contributed by atoms with E-state index in [1.54, 1.807) is 18.5 Å². The molecule has 0 saturated heterocycles. The molecule has 0 aliphatic carbocycles. The van der Waals surface area contributed by atoms with Crippen LogP contribution >= 0.6 is 0 Å². The zero-order chi connectivity index (χ0) is 17.9. The van der Waals surface area contributed by atoms with Crippen LogP contribution in [-0.4, -0.2) is 21.7 Å². The molecule has 1 aromatic heterocycles. The normalized spacial score (nSPS) is 16.0. The van der Waals surface area contributed by atoms with Gasteiger partial charge in [-0.2, -0.15) is 10.4 Å². The summed E-state index contributed by atoms with van der Waals surface area (Å²) in [5.41, 5.74) is 5.45. The van der Waals surface area contributed by atoms with E-state index in [1.807, 2.05) is 41.4 Å². The first kappa shape index (κ1) is 15.8. The molecule has 3 heterocycles. The average molecular weight is 337 g/mol. The Morgan fingerprint density at radius 3 is 3.12 bits per heavy atom. The fourth-order valence-corrected chi connectivity index (χ4v) is 3.19. The highest BCUT2D eigenvalue weighted by molar-refractivity contribution is 6.17. The van der Waals surface area contributed by atoms with Crippen LogP contribution in [0, 0.1) is 23.7 Å². The van der Waals surface area contributed by atoms with E-state index in [0.717, 1.165) is 34.5 Å². The van der Waals surface area contributed by atoms with E-state index in [0.29, 0.717) is 12.0 Å². The maximum Gasteiger partial charge on any atom is 0.0991 e. The van der Waals surface area contributed by atoms with Crippen LogP contribution in [0.25, 0.3) is 5.70 Å². The van der Waals surface area contributed by atoms with Crippen molar-refractivity contribution >= 4 is 17.6 Å². The van der Waals surface area contributed by atoms with Crippen LogP contribution in [0.3, 0.4) is 0 Å². The van der Waals surface area contributed by atoms with Crippen LogP contribution in [0.4, 0.5) is 0 Å². The molecule has 0 saturated carbocycles. The van der Waals surface area contributed by atoms with Crippen molar-refractivity contribution in [3.8, 4) is 18.4 Å². The topological polar surface area (TPSA) is 66.3 Å². The zero-order valence-corrected chi connectivity index (χ0v) is 14.0. The van der Waals surface area contributed by atoms with Gasteiger partial charge in [-0.3, -0.25) is 14.7 Å². The van der Waals surface area contributed by atoms with Crippen molar-refractivity contribution in [2.45, 2.75) is 18.9 Å². The summed E-state index contributed by atoms with van der Waals surface area (Å²) in [6, 6.07) is 9.50. The Balaban J connectivity index is 1.73. The lowest BCUT2D eigenvalue weighted by atomic mass is 10.0. The highest BCUT2D eigenvalue weighted by atomic mass is 15.3. The van der Waals surface area contributed by atoms with Crippen molar-refractivity contribution in [3.63, 3.8) is 0 Å². The first-order valence-electron chi connectivity index (χ1n) is 8.28. The molecule has 1 unspecified atom stereocenters. The van der Waals surface area contributed by atoms with Gasteiger partial charge in [0.1, 0.15) is 0 Å². The minimum Gasteiger partial charge on any atom is -0.264 e. The number of hydrogen-bond donors (Lipinski definition) is 0. The summed E-state index contributed by atoms with van der Waals surface area (Å²) >= 11 is 0. The minimum absolute atomic E-state index is 0.132. The first-order valence-corrected chi connectivity index (χ1v) is 8.28. The smallest absolute Gasteiger partial charge is 0.0991 e. The van der Waals surface area contributed by atoms with Gasteiger partial charge in [0.25, 0.3) is 0 Å². The number of rotatable bonds is 4. The van der Waals surface area contributed by atoms with Crippen molar-refractivity contribution in [1.82, 2.24) is 9.78 Å². The third-order valence-corrected chi connectivity index (χ3v) is 4.45. The quantitative estimate of drug-likeness (QED) is 0.801. The average Bonchev–Trinajstić information content (AvgIpc) is 3.35. The summed E-state index contributed by atoms with van der Waals surface area (Å²) in [5.74, 6) is 2.71. The Morgan fingerprint density at radius 2 is 2.27 bits per heavy atom. The lowest BCUT2D eigenvalue weighted by Crippen LogP contribution is -2.11. The fraction of sp³-hybridized carbons (Fsp3) is 0.143. The summed E-state index contributed by atoms with van der Waals surface area (Å²) in [5, 5.41) is 13.7. The monoisotopic (exact) mass is 337 g/mol. The van der Waals surface area contributed by atoms with Gasteiger partial charge < -0.3 is 0 Å². The van der Waals surface area contributed by atoms with Crippen LogP contribution in [0.1, 0.15) is 35.6 Å². The molecule has 26 heavy (non-hydrogen) atoms. The lowest BCUT2D eigenvalue weighted by molar-refractivity contribution is 0.534. The van der Waals surface area contributed by atoms with Crippen molar-refractivity contribution in [2.75, 3.05) is 0 Å². The maximum absolute atomic E-state index is 9.15. The second-order valence-corrected chi connectivity index (χ2v) is 6.04. The molecule has 1 aromatic carbocycles. The van der Waals surface area contributed by atoms with Crippen molar-refractivity contribution in [3.05, 3.63) is 71.2 Å². The number of aliphatic imine (C=N–C) groups is 2. The van der Waals surface area contributed by atoms with Gasteiger partial charge in [0.2, 0.25) is 0 Å². The molecule has 0 bridgehead atoms. The third kappa shape index (κ3) is 2.76. The molecular formula is C21H15N5. The molecule has 0 N–H and O–H groups in total. The predicted octanol–water partition coefficient (Wildman–Crippen LogP) is 3.52.